The van der Waals surface area contributed by atoms with Crippen molar-refractivity contribution < 1.29 is 5.11 Å². The fourth-order valence-electron chi connectivity index (χ4n) is 2.77. The van der Waals surface area contributed by atoms with Crippen LogP contribution in [0, 0.1) is 13.8 Å². The van der Waals surface area contributed by atoms with E-state index in [9.17, 15) is 5.11 Å². The van der Waals surface area contributed by atoms with E-state index in [4.69, 9.17) is 5.73 Å². The van der Waals surface area contributed by atoms with E-state index in [-0.39, 0.29) is 0 Å². The number of aliphatic hydroxyl groups is 1. The highest BCUT2D eigenvalue weighted by Gasteiger charge is 2.31. The molecule has 3 rings (SSSR count). The molecule has 1 atom stereocenters. The van der Waals surface area contributed by atoms with E-state index in [0.29, 0.717) is 18.9 Å². The van der Waals surface area contributed by atoms with Gasteiger partial charge in [0.15, 0.2) is 0 Å². The van der Waals surface area contributed by atoms with E-state index >= 15 is 0 Å². The number of hydrogen-bond donors (Lipinski definition) is 2. The Bertz CT molecular complexity index is 665. The zero-order valence-corrected chi connectivity index (χ0v) is 12.9. The molecule has 0 radical (unpaired) electrons. The molecule has 0 saturated carbocycles. The van der Waals surface area contributed by atoms with E-state index in [1.54, 1.807) is 11.3 Å². The first-order valence-electron chi connectivity index (χ1n) is 6.82. The highest BCUT2D eigenvalue weighted by Crippen LogP contribution is 2.32. The molecule has 0 amide bonds. The lowest BCUT2D eigenvalue weighted by Crippen LogP contribution is -2.29. The van der Waals surface area contributed by atoms with Gasteiger partial charge in [-0.25, -0.2) is 9.97 Å². The van der Waals surface area contributed by atoms with Crippen LogP contribution in [-0.2, 0) is 6.54 Å². The number of anilines is 1. The number of thiophene rings is 1. The number of hydrogen-bond acceptors (Lipinski definition) is 6. The monoisotopic (exact) mass is 292 g/mol. The van der Waals surface area contributed by atoms with Gasteiger partial charge in [-0.1, -0.05) is 0 Å². The first-order valence-corrected chi connectivity index (χ1v) is 7.64. The molecule has 20 heavy (non-hydrogen) atoms. The van der Waals surface area contributed by atoms with E-state index in [2.05, 4.69) is 28.7 Å². The van der Waals surface area contributed by atoms with Gasteiger partial charge in [0.05, 0.1) is 17.5 Å². The van der Waals surface area contributed by atoms with Gasteiger partial charge in [0.25, 0.3) is 0 Å². The van der Waals surface area contributed by atoms with Crippen LogP contribution in [0.1, 0.15) is 29.6 Å². The molecule has 0 spiro atoms. The van der Waals surface area contributed by atoms with Crippen LogP contribution in [0.5, 0.6) is 0 Å². The molecule has 6 heteroatoms. The number of aromatic nitrogens is 2. The summed E-state index contributed by atoms with van der Waals surface area (Å²) in [5.41, 5.74) is 6.67. The summed E-state index contributed by atoms with van der Waals surface area (Å²) in [6.45, 7) is 8.20. The van der Waals surface area contributed by atoms with Crippen molar-refractivity contribution in [1.29, 1.82) is 0 Å². The van der Waals surface area contributed by atoms with Gasteiger partial charge in [-0.3, -0.25) is 4.90 Å². The zero-order valence-electron chi connectivity index (χ0n) is 12.1. The lowest BCUT2D eigenvalue weighted by Gasteiger charge is -2.18. The third-order valence-corrected chi connectivity index (χ3v) is 5.10. The lowest BCUT2D eigenvalue weighted by atomic mass is 10.1. The van der Waals surface area contributed by atoms with Crippen molar-refractivity contribution >= 4 is 27.4 Å². The molecule has 3 heterocycles. The molecule has 0 aliphatic carbocycles. The Morgan fingerprint density at radius 2 is 2.15 bits per heavy atom. The Hall–Kier alpha value is -1.24. The normalized spacial score (nSPS) is 23.8. The minimum atomic E-state index is -0.592. The molecule has 0 bridgehead atoms. The summed E-state index contributed by atoms with van der Waals surface area (Å²) >= 11 is 1.67. The van der Waals surface area contributed by atoms with Crippen molar-refractivity contribution in [2.24, 2.45) is 0 Å². The van der Waals surface area contributed by atoms with Crippen LogP contribution >= 0.6 is 11.3 Å². The van der Waals surface area contributed by atoms with Crippen LogP contribution in [0.4, 0.5) is 5.82 Å². The lowest BCUT2D eigenvalue weighted by molar-refractivity contribution is 0.0676. The molecule has 1 aliphatic heterocycles. The van der Waals surface area contributed by atoms with Gasteiger partial charge in [0.2, 0.25) is 0 Å². The number of likely N-dealkylation sites (tertiary alicyclic amines) is 1. The molecule has 5 nitrogen and oxygen atoms in total. The van der Waals surface area contributed by atoms with Crippen molar-refractivity contribution in [3.63, 3.8) is 0 Å². The van der Waals surface area contributed by atoms with Crippen molar-refractivity contribution in [1.82, 2.24) is 14.9 Å². The molecule has 1 unspecified atom stereocenters. The van der Waals surface area contributed by atoms with Crippen molar-refractivity contribution in [3.05, 3.63) is 16.3 Å². The molecule has 0 aromatic carbocycles. The first-order chi connectivity index (χ1) is 9.35. The molecule has 1 saturated heterocycles. The number of nitrogens with two attached hydrogens (primary N) is 1. The molecule has 2 aromatic rings. The average molecular weight is 292 g/mol. The SMILES string of the molecule is Cc1sc2nc(CN3CCC(C)(O)C3)nc(N)c2c1C. The van der Waals surface area contributed by atoms with Crippen LogP contribution in [0.25, 0.3) is 10.2 Å². The summed E-state index contributed by atoms with van der Waals surface area (Å²) in [5, 5.41) is 11.0. The zero-order chi connectivity index (χ0) is 14.5. The molecule has 2 aromatic heterocycles. The van der Waals surface area contributed by atoms with Crippen LogP contribution < -0.4 is 5.73 Å². The van der Waals surface area contributed by atoms with Gasteiger partial charge in [0, 0.05) is 18.0 Å². The van der Waals surface area contributed by atoms with Gasteiger partial charge in [0.1, 0.15) is 16.5 Å². The maximum absolute atomic E-state index is 10.0. The average Bonchev–Trinajstić information content (AvgIpc) is 2.80. The van der Waals surface area contributed by atoms with Gasteiger partial charge >= 0.3 is 0 Å². The van der Waals surface area contributed by atoms with Crippen LogP contribution in [0.3, 0.4) is 0 Å². The maximum atomic E-state index is 10.0. The van der Waals surface area contributed by atoms with Gasteiger partial charge in [-0.05, 0) is 32.8 Å². The highest BCUT2D eigenvalue weighted by atomic mass is 32.1. The molecule has 108 valence electrons. The molecular weight excluding hydrogens is 272 g/mol. The predicted molar refractivity (Wildman–Crippen MR) is 81.8 cm³/mol. The van der Waals surface area contributed by atoms with E-state index in [1.165, 1.54) is 10.4 Å². The summed E-state index contributed by atoms with van der Waals surface area (Å²) in [4.78, 5) is 13.4. The number of aryl methyl sites for hydroxylation is 2. The Kier molecular flexibility index (Phi) is 3.19. The highest BCUT2D eigenvalue weighted by molar-refractivity contribution is 7.18. The molecular formula is C14H20N4OS. The van der Waals surface area contributed by atoms with Crippen LogP contribution in [0.15, 0.2) is 0 Å². The van der Waals surface area contributed by atoms with Crippen LogP contribution in [-0.4, -0.2) is 38.7 Å². The Morgan fingerprint density at radius 3 is 2.80 bits per heavy atom. The van der Waals surface area contributed by atoms with Gasteiger partial charge in [-0.15, -0.1) is 11.3 Å². The Morgan fingerprint density at radius 1 is 1.40 bits per heavy atom. The van der Waals surface area contributed by atoms with Crippen molar-refractivity contribution in [2.45, 2.75) is 39.3 Å². The second-order valence-electron chi connectivity index (χ2n) is 5.95. The summed E-state index contributed by atoms with van der Waals surface area (Å²) in [7, 11) is 0. The van der Waals surface area contributed by atoms with Crippen molar-refractivity contribution in [2.75, 3.05) is 18.8 Å². The van der Waals surface area contributed by atoms with Gasteiger partial charge in [-0.2, -0.15) is 0 Å². The summed E-state index contributed by atoms with van der Waals surface area (Å²) in [6.07, 6.45) is 0.794. The number of nitrogen functional groups attached to an aromatic ring is 1. The third-order valence-electron chi connectivity index (χ3n) is 4.00. The quantitative estimate of drug-likeness (QED) is 0.883. The summed E-state index contributed by atoms with van der Waals surface area (Å²) in [5.74, 6) is 1.31. The number of fused-ring (bicyclic) bond motifs is 1. The van der Waals surface area contributed by atoms with Crippen molar-refractivity contribution in [3.8, 4) is 0 Å². The summed E-state index contributed by atoms with van der Waals surface area (Å²) < 4.78 is 0. The Labute approximate surface area is 122 Å². The smallest absolute Gasteiger partial charge is 0.146 e. The predicted octanol–water partition coefficient (Wildman–Crippen LogP) is 1.85. The van der Waals surface area contributed by atoms with Gasteiger partial charge < -0.3 is 10.8 Å². The topological polar surface area (TPSA) is 75.3 Å². The fraction of sp³-hybridized carbons (Fsp3) is 0.571. The minimum Gasteiger partial charge on any atom is -0.389 e. The largest absolute Gasteiger partial charge is 0.389 e. The van der Waals surface area contributed by atoms with Crippen LogP contribution in [0.2, 0.25) is 0 Å². The van der Waals surface area contributed by atoms with E-state index in [0.717, 1.165) is 29.0 Å². The number of rotatable bonds is 2. The Balaban J connectivity index is 1.90. The molecule has 1 aliphatic rings. The second-order valence-corrected chi connectivity index (χ2v) is 7.15. The fourth-order valence-corrected chi connectivity index (χ4v) is 3.83. The number of nitrogens with zero attached hydrogens (tertiary/aromatic N) is 3. The molecule has 3 N–H and O–H groups in total. The standard InChI is InChI=1S/C14H20N4OS/c1-8-9(2)20-13-11(8)12(15)16-10(17-13)6-18-5-4-14(3,19)7-18/h19H,4-7H2,1-3H3,(H2,15,16,17). The third kappa shape index (κ3) is 2.39. The second kappa shape index (κ2) is 4.65. The molecule has 1 fully saturated rings. The number of β-amino-alcohol motifs (C(OH)–C–C–N with tert-alkyl or cyclic N) is 1. The summed E-state index contributed by atoms with van der Waals surface area (Å²) in [6, 6.07) is 0. The van der Waals surface area contributed by atoms with E-state index < -0.39 is 5.60 Å². The first kappa shape index (κ1) is 13.7. The van der Waals surface area contributed by atoms with E-state index in [1.807, 2.05) is 6.92 Å². The minimum absolute atomic E-state index is 0.567. The maximum Gasteiger partial charge on any atom is 0.146 e.